The molecule has 2 atom stereocenters. The molecule has 0 bridgehead atoms. The van der Waals surface area contributed by atoms with Gasteiger partial charge in [-0.2, -0.15) is 4.31 Å². The van der Waals surface area contributed by atoms with Crippen molar-refractivity contribution < 1.29 is 17.9 Å². The fourth-order valence-corrected chi connectivity index (χ4v) is 5.28. The van der Waals surface area contributed by atoms with Crippen LogP contribution in [0.4, 0.5) is 4.79 Å². The highest BCUT2D eigenvalue weighted by atomic mass is 35.5. The Labute approximate surface area is 203 Å². The second kappa shape index (κ2) is 11.7. The molecule has 1 aliphatic rings. The number of hydrogen-bond acceptors (Lipinski definition) is 4. The van der Waals surface area contributed by atoms with Crippen molar-refractivity contribution in [2.45, 2.75) is 50.6 Å². The number of halogens is 1. The second-order valence-electron chi connectivity index (χ2n) is 8.09. The van der Waals surface area contributed by atoms with Crippen LogP contribution in [0.25, 0.3) is 0 Å². The number of benzene rings is 2. The summed E-state index contributed by atoms with van der Waals surface area (Å²) in [4.78, 5) is 13.0. The van der Waals surface area contributed by atoms with Crippen molar-refractivity contribution in [2.24, 2.45) is 5.92 Å². The first kappa shape index (κ1) is 27.0. The third-order valence-electron chi connectivity index (χ3n) is 5.93. The molecule has 7 nitrogen and oxygen atoms in total. The van der Waals surface area contributed by atoms with Gasteiger partial charge < -0.3 is 15.4 Å². The molecule has 1 saturated carbocycles. The van der Waals surface area contributed by atoms with Gasteiger partial charge in [-0.3, -0.25) is 0 Å². The molecule has 0 saturated heterocycles. The van der Waals surface area contributed by atoms with Crippen LogP contribution >= 0.6 is 12.4 Å². The molecule has 0 aliphatic heterocycles. The van der Waals surface area contributed by atoms with Gasteiger partial charge in [0.25, 0.3) is 0 Å². The summed E-state index contributed by atoms with van der Waals surface area (Å²) < 4.78 is 32.0. The Morgan fingerprint density at radius 2 is 1.55 bits per heavy atom. The molecular formula is C24H34ClN3O4S. The molecule has 0 spiro atoms. The van der Waals surface area contributed by atoms with Gasteiger partial charge in [-0.15, -0.1) is 12.4 Å². The molecule has 2 unspecified atom stereocenters. The third-order valence-corrected chi connectivity index (χ3v) is 7.99. The van der Waals surface area contributed by atoms with Crippen molar-refractivity contribution in [1.29, 1.82) is 0 Å². The van der Waals surface area contributed by atoms with Crippen molar-refractivity contribution in [1.82, 2.24) is 14.9 Å². The highest BCUT2D eigenvalue weighted by molar-refractivity contribution is 7.89. The Kier molecular flexibility index (Phi) is 9.57. The van der Waals surface area contributed by atoms with E-state index in [9.17, 15) is 13.2 Å². The van der Waals surface area contributed by atoms with Crippen LogP contribution in [-0.4, -0.2) is 39.0 Å². The summed E-state index contributed by atoms with van der Waals surface area (Å²) in [5.74, 6) is 1.22. The lowest BCUT2D eigenvalue weighted by atomic mass is 10.0. The Morgan fingerprint density at radius 1 is 1.00 bits per heavy atom. The Balaban J connectivity index is 0.00000385. The molecule has 3 rings (SSSR count). The SMILES string of the molecule is CCN(CC)S(=O)(=O)c1ccc(C(C)NC(=O)NC(c2ccc(OC)cc2)C2CC2)cc1.Cl. The standard InChI is InChI=1S/C24H33N3O4S.ClH/c1-5-27(6-2)32(29,30)22-15-11-18(12-16-22)17(3)25-24(28)26-23(19-7-8-19)20-9-13-21(31-4)14-10-20;/h9-17,19,23H,5-8H2,1-4H3,(H2,25,26,28);1H. The fourth-order valence-electron chi connectivity index (χ4n) is 3.82. The number of carbonyl (C=O) groups is 1. The molecule has 9 heteroatoms. The summed E-state index contributed by atoms with van der Waals surface area (Å²) in [7, 11) is -1.87. The van der Waals surface area contributed by atoms with Crippen LogP contribution in [0.5, 0.6) is 5.75 Å². The number of sulfonamides is 1. The molecule has 0 heterocycles. The first-order chi connectivity index (χ1) is 15.3. The van der Waals surface area contributed by atoms with Crippen LogP contribution in [0.1, 0.15) is 56.8 Å². The van der Waals surface area contributed by atoms with Crippen LogP contribution in [0.3, 0.4) is 0 Å². The Hall–Kier alpha value is -2.29. The summed E-state index contributed by atoms with van der Waals surface area (Å²) in [5.41, 5.74) is 1.90. The molecule has 1 aliphatic carbocycles. The lowest BCUT2D eigenvalue weighted by molar-refractivity contribution is 0.232. The molecule has 0 radical (unpaired) electrons. The largest absolute Gasteiger partial charge is 0.497 e. The number of ether oxygens (including phenoxy) is 1. The number of nitrogens with zero attached hydrogens (tertiary/aromatic N) is 1. The number of rotatable bonds is 10. The maximum atomic E-state index is 12.7. The van der Waals surface area contributed by atoms with Gasteiger partial charge in [0.05, 0.1) is 24.1 Å². The van der Waals surface area contributed by atoms with Crippen LogP contribution in [0.15, 0.2) is 53.4 Å². The number of methoxy groups -OCH3 is 1. The van der Waals surface area contributed by atoms with Crippen LogP contribution in [-0.2, 0) is 10.0 Å². The predicted molar refractivity (Wildman–Crippen MR) is 132 cm³/mol. The second-order valence-corrected chi connectivity index (χ2v) is 10.0. The number of carbonyl (C=O) groups excluding carboxylic acids is 1. The van der Waals surface area contributed by atoms with Gasteiger partial charge in [-0.05, 0) is 61.1 Å². The molecule has 2 aromatic carbocycles. The summed E-state index contributed by atoms with van der Waals surface area (Å²) in [5, 5.41) is 6.08. The van der Waals surface area contributed by atoms with Crippen molar-refractivity contribution in [2.75, 3.05) is 20.2 Å². The molecular weight excluding hydrogens is 462 g/mol. The Bertz CT molecular complexity index is 1010. The van der Waals surface area contributed by atoms with Gasteiger partial charge in [0.2, 0.25) is 10.0 Å². The molecule has 0 aromatic heterocycles. The van der Waals surface area contributed by atoms with Gasteiger partial charge in [0.1, 0.15) is 5.75 Å². The molecule has 1 fully saturated rings. The predicted octanol–water partition coefficient (Wildman–Crippen LogP) is 4.66. The van der Waals surface area contributed by atoms with E-state index in [1.54, 1.807) is 31.4 Å². The van der Waals surface area contributed by atoms with Gasteiger partial charge >= 0.3 is 6.03 Å². The van der Waals surface area contributed by atoms with Gasteiger partial charge in [-0.25, -0.2) is 13.2 Å². The van der Waals surface area contributed by atoms with E-state index in [4.69, 9.17) is 4.74 Å². The number of urea groups is 1. The first-order valence-electron chi connectivity index (χ1n) is 11.1. The summed E-state index contributed by atoms with van der Waals surface area (Å²) in [6, 6.07) is 13.9. The molecule has 33 heavy (non-hydrogen) atoms. The third kappa shape index (κ3) is 6.62. The van der Waals surface area contributed by atoms with E-state index >= 15 is 0 Å². The fraction of sp³-hybridized carbons (Fsp3) is 0.458. The molecule has 2 aromatic rings. The zero-order valence-corrected chi connectivity index (χ0v) is 21.2. The smallest absolute Gasteiger partial charge is 0.315 e. The maximum Gasteiger partial charge on any atom is 0.315 e. The van der Waals surface area contributed by atoms with E-state index in [1.807, 2.05) is 45.0 Å². The maximum absolute atomic E-state index is 12.7. The first-order valence-corrected chi connectivity index (χ1v) is 12.5. The average Bonchev–Trinajstić information content (AvgIpc) is 3.63. The van der Waals surface area contributed by atoms with E-state index in [1.165, 1.54) is 4.31 Å². The van der Waals surface area contributed by atoms with Crippen molar-refractivity contribution in [3.63, 3.8) is 0 Å². The van der Waals surface area contributed by atoms with Crippen LogP contribution in [0.2, 0.25) is 0 Å². The van der Waals surface area contributed by atoms with Gasteiger partial charge in [-0.1, -0.05) is 38.1 Å². The molecule has 2 amide bonds. The Morgan fingerprint density at radius 3 is 2.03 bits per heavy atom. The lowest BCUT2D eigenvalue weighted by Gasteiger charge is -2.22. The van der Waals surface area contributed by atoms with Gasteiger partial charge in [0, 0.05) is 13.1 Å². The van der Waals surface area contributed by atoms with Gasteiger partial charge in [0.15, 0.2) is 0 Å². The number of nitrogens with one attached hydrogen (secondary N) is 2. The quantitative estimate of drug-likeness (QED) is 0.501. The average molecular weight is 496 g/mol. The molecule has 182 valence electrons. The van der Waals surface area contributed by atoms with Crippen molar-refractivity contribution in [3.8, 4) is 5.75 Å². The minimum Gasteiger partial charge on any atom is -0.497 e. The monoisotopic (exact) mass is 495 g/mol. The summed E-state index contributed by atoms with van der Waals surface area (Å²) in [6.45, 7) is 6.37. The minimum atomic E-state index is -3.50. The summed E-state index contributed by atoms with van der Waals surface area (Å²) >= 11 is 0. The van der Waals surface area contributed by atoms with E-state index in [2.05, 4.69) is 10.6 Å². The van der Waals surface area contributed by atoms with E-state index in [-0.39, 0.29) is 35.4 Å². The highest BCUT2D eigenvalue weighted by Crippen LogP contribution is 2.41. The number of hydrogen-bond donors (Lipinski definition) is 2. The summed E-state index contributed by atoms with van der Waals surface area (Å²) in [6.07, 6.45) is 2.18. The van der Waals surface area contributed by atoms with E-state index in [0.717, 1.165) is 29.7 Å². The topological polar surface area (TPSA) is 87.7 Å². The van der Waals surface area contributed by atoms with Crippen LogP contribution < -0.4 is 15.4 Å². The highest BCUT2D eigenvalue weighted by Gasteiger charge is 2.33. The molecule has 2 N–H and O–H groups in total. The minimum absolute atomic E-state index is 0. The lowest BCUT2D eigenvalue weighted by Crippen LogP contribution is -2.40. The zero-order valence-electron chi connectivity index (χ0n) is 19.6. The van der Waals surface area contributed by atoms with Crippen LogP contribution in [0, 0.1) is 5.92 Å². The number of amides is 2. The van der Waals surface area contributed by atoms with Crippen molar-refractivity contribution >= 4 is 28.5 Å². The zero-order chi connectivity index (χ0) is 23.3. The van der Waals surface area contributed by atoms with E-state index in [0.29, 0.717) is 19.0 Å². The van der Waals surface area contributed by atoms with Crippen molar-refractivity contribution in [3.05, 3.63) is 59.7 Å². The normalized spacial score (nSPS) is 15.3. The van der Waals surface area contributed by atoms with E-state index < -0.39 is 10.0 Å².